The van der Waals surface area contributed by atoms with E-state index in [0.29, 0.717) is 11.0 Å². The molecule has 4 rings (SSSR count). The molecule has 0 radical (unpaired) electrons. The summed E-state index contributed by atoms with van der Waals surface area (Å²) in [6.07, 6.45) is 1.74. The van der Waals surface area contributed by atoms with E-state index in [9.17, 15) is 0 Å². The van der Waals surface area contributed by atoms with Crippen LogP contribution in [0.2, 0.25) is 5.15 Å². The Balaban J connectivity index is 1.78. The quantitative estimate of drug-likeness (QED) is 0.528. The highest BCUT2D eigenvalue weighted by Crippen LogP contribution is 2.27. The molecule has 0 spiro atoms. The molecule has 4 aromatic rings. The third-order valence-corrected chi connectivity index (χ3v) is 3.39. The molecule has 6 nitrogen and oxygen atoms in total. The molecule has 0 aliphatic carbocycles. The van der Waals surface area contributed by atoms with Crippen LogP contribution in [0.5, 0.6) is 0 Å². The molecule has 3 N–H and O–H groups in total. The Morgan fingerprint density at radius 3 is 2.90 bits per heavy atom. The minimum Gasteiger partial charge on any atom is -0.337 e. The highest BCUT2D eigenvalue weighted by molar-refractivity contribution is 6.34. The van der Waals surface area contributed by atoms with Crippen molar-refractivity contribution in [1.82, 2.24) is 25.4 Å². The van der Waals surface area contributed by atoms with Gasteiger partial charge in [0.25, 0.3) is 0 Å². The number of H-pyrrole nitrogens is 2. The zero-order valence-corrected chi connectivity index (χ0v) is 10.9. The number of halogens is 1. The van der Waals surface area contributed by atoms with Crippen LogP contribution in [-0.2, 0) is 0 Å². The van der Waals surface area contributed by atoms with Crippen molar-refractivity contribution in [3.63, 3.8) is 0 Å². The maximum atomic E-state index is 6.02. The molecular formula is C13H9ClN6. The van der Waals surface area contributed by atoms with Crippen LogP contribution < -0.4 is 5.32 Å². The van der Waals surface area contributed by atoms with Gasteiger partial charge in [0.1, 0.15) is 5.52 Å². The molecule has 0 amide bonds. The normalized spacial score (nSPS) is 11.2. The van der Waals surface area contributed by atoms with Crippen LogP contribution in [-0.4, -0.2) is 25.4 Å². The topological polar surface area (TPSA) is 82.3 Å². The van der Waals surface area contributed by atoms with E-state index in [4.69, 9.17) is 11.6 Å². The second-order valence-corrected chi connectivity index (χ2v) is 4.73. The van der Waals surface area contributed by atoms with Crippen molar-refractivity contribution < 1.29 is 0 Å². The maximum absolute atomic E-state index is 6.02. The maximum Gasteiger partial charge on any atom is 0.178 e. The molecule has 3 heterocycles. The third kappa shape index (κ3) is 1.70. The third-order valence-electron chi connectivity index (χ3n) is 3.10. The van der Waals surface area contributed by atoms with Crippen LogP contribution in [0.4, 0.5) is 11.5 Å². The van der Waals surface area contributed by atoms with Crippen LogP contribution in [0.1, 0.15) is 0 Å². The fourth-order valence-electron chi connectivity index (χ4n) is 2.14. The molecule has 0 aliphatic heterocycles. The van der Waals surface area contributed by atoms with E-state index < -0.39 is 0 Å². The molecule has 0 saturated carbocycles. The molecule has 0 aliphatic rings. The minimum atomic E-state index is 0.452. The van der Waals surface area contributed by atoms with E-state index in [2.05, 4.69) is 30.7 Å². The highest BCUT2D eigenvalue weighted by atomic mass is 35.5. The molecule has 7 heteroatoms. The van der Waals surface area contributed by atoms with Crippen LogP contribution >= 0.6 is 11.6 Å². The van der Waals surface area contributed by atoms with Gasteiger partial charge in [-0.15, -0.1) is 0 Å². The molecule has 0 fully saturated rings. The second-order valence-electron chi connectivity index (χ2n) is 4.37. The number of hydrogen-bond acceptors (Lipinski definition) is 4. The summed E-state index contributed by atoms with van der Waals surface area (Å²) in [6, 6.07) is 9.56. The fourth-order valence-corrected chi connectivity index (χ4v) is 2.34. The predicted octanol–water partition coefficient (Wildman–Crippen LogP) is 3.23. The van der Waals surface area contributed by atoms with Crippen molar-refractivity contribution >= 4 is 45.0 Å². The first-order chi connectivity index (χ1) is 9.81. The predicted molar refractivity (Wildman–Crippen MR) is 78.3 cm³/mol. The van der Waals surface area contributed by atoms with Gasteiger partial charge in [0.2, 0.25) is 0 Å². The summed E-state index contributed by atoms with van der Waals surface area (Å²) in [5, 5.41) is 18.5. The van der Waals surface area contributed by atoms with Gasteiger partial charge in [-0.25, -0.2) is 0 Å². The number of fused-ring (bicyclic) bond motifs is 2. The Labute approximate surface area is 118 Å². The lowest BCUT2D eigenvalue weighted by Crippen LogP contribution is -1.91. The van der Waals surface area contributed by atoms with Gasteiger partial charge in [-0.3, -0.25) is 15.2 Å². The summed E-state index contributed by atoms with van der Waals surface area (Å²) in [7, 11) is 0. The van der Waals surface area contributed by atoms with Gasteiger partial charge in [0, 0.05) is 17.3 Å². The van der Waals surface area contributed by atoms with Crippen molar-refractivity contribution in [3.8, 4) is 0 Å². The molecule has 0 unspecified atom stereocenters. The average molecular weight is 285 g/mol. The number of nitrogens with zero attached hydrogens (tertiary/aromatic N) is 3. The first kappa shape index (κ1) is 11.2. The second kappa shape index (κ2) is 4.21. The Morgan fingerprint density at radius 2 is 1.95 bits per heavy atom. The summed E-state index contributed by atoms with van der Waals surface area (Å²) < 4.78 is 0. The van der Waals surface area contributed by atoms with Gasteiger partial charge in [-0.2, -0.15) is 10.2 Å². The molecular weight excluding hydrogens is 276 g/mol. The first-order valence-corrected chi connectivity index (χ1v) is 6.39. The van der Waals surface area contributed by atoms with Gasteiger partial charge < -0.3 is 5.32 Å². The van der Waals surface area contributed by atoms with E-state index in [0.717, 1.165) is 27.6 Å². The number of rotatable bonds is 2. The number of hydrogen-bond donors (Lipinski definition) is 3. The van der Waals surface area contributed by atoms with E-state index in [1.54, 1.807) is 6.20 Å². The molecule has 98 valence electrons. The summed E-state index contributed by atoms with van der Waals surface area (Å²) in [5.74, 6) is 0.680. The Bertz CT molecular complexity index is 909. The number of nitrogens with one attached hydrogen (secondary N) is 3. The molecule has 0 atom stereocenters. The summed E-state index contributed by atoms with van der Waals surface area (Å²) in [5.41, 5.74) is 3.45. The van der Waals surface area contributed by atoms with Crippen molar-refractivity contribution in [2.45, 2.75) is 0 Å². The van der Waals surface area contributed by atoms with Gasteiger partial charge in [0.15, 0.2) is 11.0 Å². The Hall–Kier alpha value is -2.60. The lowest BCUT2D eigenvalue weighted by molar-refractivity contribution is 1.12. The van der Waals surface area contributed by atoms with E-state index in [-0.39, 0.29) is 0 Å². The lowest BCUT2D eigenvalue weighted by Gasteiger charge is -2.03. The number of aromatic amines is 2. The zero-order valence-electron chi connectivity index (χ0n) is 10.2. The molecule has 3 aromatic heterocycles. The Morgan fingerprint density at radius 1 is 1.05 bits per heavy atom. The standard InChI is InChI=1S/C13H9ClN6/c14-12-8-6-7(3-4-9(8)17-19-12)16-13-11-10(18-20-13)2-1-5-15-11/h1-6H,(H,17,19)(H2,16,18,20). The molecule has 20 heavy (non-hydrogen) atoms. The smallest absolute Gasteiger partial charge is 0.178 e. The van der Waals surface area contributed by atoms with Crippen molar-refractivity contribution in [3.05, 3.63) is 41.7 Å². The monoisotopic (exact) mass is 284 g/mol. The average Bonchev–Trinajstić information content (AvgIpc) is 3.05. The van der Waals surface area contributed by atoms with E-state index in [1.165, 1.54) is 0 Å². The van der Waals surface area contributed by atoms with E-state index in [1.807, 2.05) is 30.3 Å². The zero-order chi connectivity index (χ0) is 13.5. The van der Waals surface area contributed by atoms with Crippen LogP contribution in [0.3, 0.4) is 0 Å². The van der Waals surface area contributed by atoms with Gasteiger partial charge in [0.05, 0.1) is 11.0 Å². The van der Waals surface area contributed by atoms with Crippen molar-refractivity contribution in [2.75, 3.05) is 5.32 Å². The SMILES string of the molecule is Clc1n[nH]c2ccc(Nc3n[nH]c4cccnc34)cc12. The van der Waals surface area contributed by atoms with Gasteiger partial charge in [-0.1, -0.05) is 11.6 Å². The first-order valence-electron chi connectivity index (χ1n) is 6.01. The molecule has 1 aromatic carbocycles. The van der Waals surface area contributed by atoms with Gasteiger partial charge >= 0.3 is 0 Å². The minimum absolute atomic E-state index is 0.452. The molecule has 0 bridgehead atoms. The summed E-state index contributed by atoms with van der Waals surface area (Å²) >= 11 is 6.02. The number of anilines is 2. The van der Waals surface area contributed by atoms with Crippen molar-refractivity contribution in [1.29, 1.82) is 0 Å². The van der Waals surface area contributed by atoms with Gasteiger partial charge in [-0.05, 0) is 30.3 Å². The number of pyridine rings is 1. The Kier molecular flexibility index (Phi) is 2.37. The number of aromatic nitrogens is 5. The number of benzene rings is 1. The fraction of sp³-hybridized carbons (Fsp3) is 0. The lowest BCUT2D eigenvalue weighted by atomic mass is 10.2. The van der Waals surface area contributed by atoms with Crippen LogP contribution in [0, 0.1) is 0 Å². The van der Waals surface area contributed by atoms with Crippen LogP contribution in [0.25, 0.3) is 21.9 Å². The highest BCUT2D eigenvalue weighted by Gasteiger charge is 2.08. The largest absolute Gasteiger partial charge is 0.337 e. The summed E-state index contributed by atoms with van der Waals surface area (Å²) in [6.45, 7) is 0. The molecule has 0 saturated heterocycles. The van der Waals surface area contributed by atoms with E-state index >= 15 is 0 Å². The van der Waals surface area contributed by atoms with Crippen LogP contribution in [0.15, 0.2) is 36.5 Å². The summed E-state index contributed by atoms with van der Waals surface area (Å²) in [4.78, 5) is 4.31. The van der Waals surface area contributed by atoms with Crippen molar-refractivity contribution in [2.24, 2.45) is 0 Å².